The Bertz CT molecular complexity index is 415. The van der Waals surface area contributed by atoms with Gasteiger partial charge in [0.05, 0.1) is 6.61 Å². The second-order valence-corrected chi connectivity index (χ2v) is 4.78. The average Bonchev–Trinajstić information content (AvgIpc) is 2.30. The molecule has 0 saturated carbocycles. The van der Waals surface area contributed by atoms with Crippen LogP contribution in [-0.2, 0) is 11.2 Å². The number of hydrazine groups is 1. The summed E-state index contributed by atoms with van der Waals surface area (Å²) in [6, 6.07) is 4.39. The summed E-state index contributed by atoms with van der Waals surface area (Å²) >= 11 is 11.8. The van der Waals surface area contributed by atoms with Crippen molar-refractivity contribution in [1.82, 2.24) is 5.43 Å². The predicted molar refractivity (Wildman–Crippen MR) is 68.2 cm³/mol. The molecule has 0 saturated heterocycles. The first-order chi connectivity index (χ1) is 8.81. The fraction of sp³-hybridized carbons (Fsp3) is 0.455. The van der Waals surface area contributed by atoms with Gasteiger partial charge in [0.15, 0.2) is 0 Å². The Kier molecular flexibility index (Phi) is 6.35. The summed E-state index contributed by atoms with van der Waals surface area (Å²) in [4.78, 5) is 0. The lowest BCUT2D eigenvalue weighted by Crippen LogP contribution is -2.41. The molecule has 0 aliphatic carbocycles. The molecule has 0 aliphatic rings. The molecule has 3 N–H and O–H groups in total. The van der Waals surface area contributed by atoms with Gasteiger partial charge in [-0.1, -0.05) is 23.2 Å². The van der Waals surface area contributed by atoms with Crippen molar-refractivity contribution in [2.24, 2.45) is 5.84 Å². The Hall–Kier alpha value is -0.530. The van der Waals surface area contributed by atoms with Gasteiger partial charge in [0.2, 0.25) is 0 Å². The lowest BCUT2D eigenvalue weighted by molar-refractivity contribution is -0.175. The van der Waals surface area contributed by atoms with E-state index in [1.165, 1.54) is 0 Å². The fourth-order valence-corrected chi connectivity index (χ4v) is 1.84. The summed E-state index contributed by atoms with van der Waals surface area (Å²) in [5.74, 6) is 5.27. The van der Waals surface area contributed by atoms with Crippen LogP contribution in [-0.4, -0.2) is 25.4 Å². The number of benzene rings is 1. The van der Waals surface area contributed by atoms with E-state index < -0.39 is 18.8 Å². The van der Waals surface area contributed by atoms with Gasteiger partial charge in [-0.25, -0.2) is 0 Å². The van der Waals surface area contributed by atoms with E-state index in [9.17, 15) is 13.2 Å². The average molecular weight is 317 g/mol. The molecule has 108 valence electrons. The van der Waals surface area contributed by atoms with Crippen LogP contribution in [0.4, 0.5) is 13.2 Å². The van der Waals surface area contributed by atoms with Gasteiger partial charge in [-0.3, -0.25) is 11.3 Å². The minimum Gasteiger partial charge on any atom is -0.370 e. The van der Waals surface area contributed by atoms with Gasteiger partial charge in [-0.2, -0.15) is 13.2 Å². The van der Waals surface area contributed by atoms with Crippen LogP contribution < -0.4 is 11.3 Å². The van der Waals surface area contributed by atoms with E-state index in [-0.39, 0.29) is 6.61 Å². The maximum Gasteiger partial charge on any atom is 0.411 e. The lowest BCUT2D eigenvalue weighted by Gasteiger charge is -2.17. The molecule has 0 aliphatic heterocycles. The topological polar surface area (TPSA) is 47.3 Å². The molecule has 0 amide bonds. The van der Waals surface area contributed by atoms with Gasteiger partial charge in [-0.15, -0.1) is 0 Å². The SMILES string of the molecule is NNC(COCC(F)(F)F)Cc1cc(Cl)ccc1Cl. The summed E-state index contributed by atoms with van der Waals surface area (Å²) in [6.07, 6.45) is -4.04. The van der Waals surface area contributed by atoms with Crippen LogP contribution in [0.25, 0.3) is 0 Å². The van der Waals surface area contributed by atoms with Crippen LogP contribution in [0.3, 0.4) is 0 Å². The predicted octanol–water partition coefficient (Wildman–Crippen LogP) is 2.95. The lowest BCUT2D eigenvalue weighted by atomic mass is 10.1. The molecule has 3 nitrogen and oxygen atoms in total. The van der Waals surface area contributed by atoms with Crippen LogP contribution in [0.5, 0.6) is 0 Å². The zero-order valence-corrected chi connectivity index (χ0v) is 11.3. The number of alkyl halides is 3. The van der Waals surface area contributed by atoms with Crippen molar-refractivity contribution in [3.05, 3.63) is 33.8 Å². The van der Waals surface area contributed by atoms with Crippen molar-refractivity contribution >= 4 is 23.2 Å². The smallest absolute Gasteiger partial charge is 0.370 e. The largest absolute Gasteiger partial charge is 0.411 e. The summed E-state index contributed by atoms with van der Waals surface area (Å²) in [7, 11) is 0. The molecule has 0 bridgehead atoms. The van der Waals surface area contributed by atoms with Crippen LogP contribution in [0.2, 0.25) is 10.0 Å². The van der Waals surface area contributed by atoms with E-state index >= 15 is 0 Å². The third kappa shape index (κ3) is 6.44. The molecule has 0 spiro atoms. The van der Waals surface area contributed by atoms with E-state index in [1.54, 1.807) is 18.2 Å². The second-order valence-electron chi connectivity index (χ2n) is 3.93. The number of nitrogens with two attached hydrogens (primary N) is 1. The van der Waals surface area contributed by atoms with E-state index in [0.717, 1.165) is 0 Å². The van der Waals surface area contributed by atoms with Crippen molar-refractivity contribution in [2.45, 2.75) is 18.6 Å². The molecule has 1 aromatic rings. The quantitative estimate of drug-likeness (QED) is 0.626. The highest BCUT2D eigenvalue weighted by Crippen LogP contribution is 2.22. The number of nitrogens with one attached hydrogen (secondary N) is 1. The van der Waals surface area contributed by atoms with E-state index in [0.29, 0.717) is 22.0 Å². The van der Waals surface area contributed by atoms with Crippen molar-refractivity contribution in [3.63, 3.8) is 0 Å². The molecule has 8 heteroatoms. The van der Waals surface area contributed by atoms with Crippen molar-refractivity contribution in [1.29, 1.82) is 0 Å². The molecule has 0 radical (unpaired) electrons. The molecule has 1 unspecified atom stereocenters. The monoisotopic (exact) mass is 316 g/mol. The zero-order valence-electron chi connectivity index (χ0n) is 9.81. The van der Waals surface area contributed by atoms with Crippen LogP contribution in [0.1, 0.15) is 5.56 Å². The first-order valence-corrected chi connectivity index (χ1v) is 6.12. The van der Waals surface area contributed by atoms with E-state index in [1.807, 2.05) is 0 Å². The molecular formula is C11H13Cl2F3N2O. The van der Waals surface area contributed by atoms with Crippen LogP contribution >= 0.6 is 23.2 Å². The van der Waals surface area contributed by atoms with E-state index in [4.69, 9.17) is 29.0 Å². The maximum atomic E-state index is 11.9. The van der Waals surface area contributed by atoms with E-state index in [2.05, 4.69) is 10.2 Å². The van der Waals surface area contributed by atoms with Gasteiger partial charge in [0.1, 0.15) is 6.61 Å². The zero-order chi connectivity index (χ0) is 14.5. The molecule has 19 heavy (non-hydrogen) atoms. The molecule has 1 rings (SSSR count). The Labute approximate surface area is 118 Å². The number of halogens is 5. The highest BCUT2D eigenvalue weighted by molar-refractivity contribution is 6.33. The maximum absolute atomic E-state index is 11.9. The number of ether oxygens (including phenoxy) is 1. The fourth-order valence-electron chi connectivity index (χ4n) is 1.45. The third-order valence-corrected chi connectivity index (χ3v) is 2.90. The summed E-state index contributed by atoms with van der Waals surface area (Å²) in [6.45, 7) is -1.49. The van der Waals surface area contributed by atoms with Gasteiger partial charge in [-0.05, 0) is 30.2 Å². The molecule has 0 heterocycles. The Morgan fingerprint density at radius 1 is 1.32 bits per heavy atom. The molecule has 0 fully saturated rings. The second kappa shape index (κ2) is 7.31. The number of hydrogen-bond acceptors (Lipinski definition) is 3. The number of rotatable bonds is 6. The first-order valence-electron chi connectivity index (χ1n) is 5.36. The molecule has 1 atom stereocenters. The minimum atomic E-state index is -4.35. The summed E-state index contributed by atoms with van der Waals surface area (Å²) in [5, 5.41) is 0.965. The molecule has 1 aromatic carbocycles. The van der Waals surface area contributed by atoms with Gasteiger partial charge in [0, 0.05) is 16.1 Å². The van der Waals surface area contributed by atoms with Gasteiger partial charge < -0.3 is 4.74 Å². The Balaban J connectivity index is 2.54. The first kappa shape index (κ1) is 16.5. The number of hydrogen-bond donors (Lipinski definition) is 2. The Morgan fingerprint density at radius 3 is 2.58 bits per heavy atom. The van der Waals surface area contributed by atoms with Crippen molar-refractivity contribution < 1.29 is 17.9 Å². The van der Waals surface area contributed by atoms with Gasteiger partial charge in [0.25, 0.3) is 0 Å². The Morgan fingerprint density at radius 2 is 2.00 bits per heavy atom. The van der Waals surface area contributed by atoms with Crippen molar-refractivity contribution in [3.8, 4) is 0 Å². The third-order valence-electron chi connectivity index (χ3n) is 2.29. The minimum absolute atomic E-state index is 0.182. The molecule has 0 aromatic heterocycles. The molecular weight excluding hydrogens is 304 g/mol. The highest BCUT2D eigenvalue weighted by Gasteiger charge is 2.27. The summed E-state index contributed by atoms with van der Waals surface area (Å²) < 4.78 is 40.4. The normalized spacial score (nSPS) is 13.6. The van der Waals surface area contributed by atoms with Crippen LogP contribution in [0.15, 0.2) is 18.2 Å². The van der Waals surface area contributed by atoms with Gasteiger partial charge >= 0.3 is 6.18 Å². The summed E-state index contributed by atoms with van der Waals surface area (Å²) in [5.41, 5.74) is 3.08. The van der Waals surface area contributed by atoms with Crippen molar-refractivity contribution in [2.75, 3.05) is 13.2 Å². The standard InChI is InChI=1S/C11H13Cl2F3N2O/c12-8-1-2-10(13)7(3-8)4-9(18-17)5-19-6-11(14,15)16/h1-3,9,18H,4-6,17H2. The highest BCUT2D eigenvalue weighted by atomic mass is 35.5. The van der Waals surface area contributed by atoms with Crippen LogP contribution in [0, 0.1) is 0 Å².